The predicted molar refractivity (Wildman–Crippen MR) is 122 cm³/mol. The zero-order valence-corrected chi connectivity index (χ0v) is 17.7. The lowest BCUT2D eigenvalue weighted by atomic mass is 9.97. The van der Waals surface area contributed by atoms with Crippen molar-refractivity contribution in [3.05, 3.63) is 100 Å². The van der Waals surface area contributed by atoms with Crippen LogP contribution in [0.2, 0.25) is 5.02 Å². The van der Waals surface area contributed by atoms with E-state index < -0.39 is 5.97 Å². The first-order valence-electron chi connectivity index (χ1n) is 9.05. The summed E-state index contributed by atoms with van der Waals surface area (Å²) in [4.78, 5) is 11.8. The average molecular weight is 425 g/mol. The molecule has 0 heterocycles. The molecule has 3 aromatic carbocycles. The summed E-state index contributed by atoms with van der Waals surface area (Å²) in [7, 11) is 1.34. The SMILES string of the molecule is COC(=O)c1ccc(Cl)c(NC(=S)N[C@H](c2ccccc2)c2cccc(C)c2)c1. The molecule has 0 spiro atoms. The van der Waals surface area contributed by atoms with Gasteiger partial charge in [-0.15, -0.1) is 0 Å². The van der Waals surface area contributed by atoms with Gasteiger partial charge in [-0.1, -0.05) is 71.8 Å². The summed E-state index contributed by atoms with van der Waals surface area (Å²) in [6.45, 7) is 2.06. The first kappa shape index (κ1) is 20.8. The molecule has 0 radical (unpaired) electrons. The highest BCUT2D eigenvalue weighted by Crippen LogP contribution is 2.26. The predicted octanol–water partition coefficient (Wildman–Crippen LogP) is 5.51. The number of rotatable bonds is 5. The molecule has 6 heteroatoms. The zero-order valence-electron chi connectivity index (χ0n) is 16.1. The normalized spacial score (nSPS) is 11.4. The third kappa shape index (κ3) is 5.34. The first-order chi connectivity index (χ1) is 14.0. The highest BCUT2D eigenvalue weighted by Gasteiger charge is 2.16. The van der Waals surface area contributed by atoms with Crippen LogP contribution in [-0.4, -0.2) is 18.2 Å². The van der Waals surface area contributed by atoms with Gasteiger partial charge in [0.2, 0.25) is 0 Å². The van der Waals surface area contributed by atoms with E-state index in [-0.39, 0.29) is 6.04 Å². The van der Waals surface area contributed by atoms with Crippen LogP contribution in [0.25, 0.3) is 0 Å². The lowest BCUT2D eigenvalue weighted by Crippen LogP contribution is -2.33. The van der Waals surface area contributed by atoms with Gasteiger partial charge >= 0.3 is 5.97 Å². The van der Waals surface area contributed by atoms with E-state index in [2.05, 4.69) is 35.8 Å². The number of nitrogens with one attached hydrogen (secondary N) is 2. The molecule has 4 nitrogen and oxygen atoms in total. The number of ether oxygens (including phenoxy) is 1. The fourth-order valence-corrected chi connectivity index (χ4v) is 3.40. The number of hydrogen-bond acceptors (Lipinski definition) is 3. The third-order valence-electron chi connectivity index (χ3n) is 4.42. The summed E-state index contributed by atoms with van der Waals surface area (Å²) in [6.07, 6.45) is 0. The quantitative estimate of drug-likeness (QED) is 0.417. The summed E-state index contributed by atoms with van der Waals surface area (Å²) in [5, 5.41) is 7.30. The van der Waals surface area contributed by atoms with Crippen molar-refractivity contribution in [2.75, 3.05) is 12.4 Å². The molecule has 3 aromatic rings. The lowest BCUT2D eigenvalue weighted by molar-refractivity contribution is 0.0601. The standard InChI is InChI=1S/C23H21ClN2O2S/c1-15-7-6-10-17(13-15)21(16-8-4-3-5-9-16)26-23(29)25-20-14-18(22(27)28-2)11-12-19(20)24/h3-14,21H,1-2H3,(H2,25,26,29)/t21-/m1/s1. The van der Waals surface area contributed by atoms with Crippen molar-refractivity contribution in [1.29, 1.82) is 0 Å². The van der Waals surface area contributed by atoms with Gasteiger partial charge < -0.3 is 15.4 Å². The van der Waals surface area contributed by atoms with Gasteiger partial charge in [0.05, 0.1) is 29.4 Å². The summed E-state index contributed by atoms with van der Waals surface area (Å²) in [6, 6.07) is 23.0. The maximum absolute atomic E-state index is 11.8. The van der Waals surface area contributed by atoms with Crippen LogP contribution in [0.1, 0.15) is 33.1 Å². The van der Waals surface area contributed by atoms with Crippen LogP contribution >= 0.6 is 23.8 Å². The minimum atomic E-state index is -0.439. The molecule has 29 heavy (non-hydrogen) atoms. The fourth-order valence-electron chi connectivity index (χ4n) is 3.01. The third-order valence-corrected chi connectivity index (χ3v) is 4.97. The van der Waals surface area contributed by atoms with Gasteiger partial charge in [-0.2, -0.15) is 0 Å². The van der Waals surface area contributed by atoms with Crippen LogP contribution in [0.3, 0.4) is 0 Å². The van der Waals surface area contributed by atoms with Crippen molar-refractivity contribution in [3.8, 4) is 0 Å². The monoisotopic (exact) mass is 424 g/mol. The smallest absolute Gasteiger partial charge is 0.337 e. The Balaban J connectivity index is 1.85. The largest absolute Gasteiger partial charge is 0.465 e. The Morgan fingerprint density at radius 2 is 1.72 bits per heavy atom. The van der Waals surface area contributed by atoms with Gasteiger partial charge in [0.15, 0.2) is 5.11 Å². The van der Waals surface area contributed by atoms with E-state index in [0.29, 0.717) is 21.4 Å². The molecule has 0 aliphatic heterocycles. The molecule has 2 N–H and O–H groups in total. The summed E-state index contributed by atoms with van der Waals surface area (Å²) >= 11 is 11.8. The number of anilines is 1. The topological polar surface area (TPSA) is 50.4 Å². The summed E-state index contributed by atoms with van der Waals surface area (Å²) < 4.78 is 4.77. The Morgan fingerprint density at radius 1 is 1.00 bits per heavy atom. The number of carbonyl (C=O) groups is 1. The van der Waals surface area contributed by atoms with E-state index in [1.165, 1.54) is 7.11 Å². The molecule has 0 saturated carbocycles. The minimum absolute atomic E-state index is 0.140. The highest BCUT2D eigenvalue weighted by molar-refractivity contribution is 7.80. The molecule has 0 aliphatic carbocycles. The molecular formula is C23H21ClN2O2S. The van der Waals surface area contributed by atoms with Crippen LogP contribution < -0.4 is 10.6 Å². The second-order valence-corrected chi connectivity index (χ2v) is 7.36. The molecule has 0 bridgehead atoms. The number of thiocarbonyl (C=S) groups is 1. The van der Waals surface area contributed by atoms with Gasteiger partial charge in [0.25, 0.3) is 0 Å². The number of halogens is 1. The van der Waals surface area contributed by atoms with E-state index in [0.717, 1.165) is 16.7 Å². The Morgan fingerprint density at radius 3 is 2.41 bits per heavy atom. The van der Waals surface area contributed by atoms with Crippen LogP contribution in [-0.2, 0) is 4.74 Å². The maximum atomic E-state index is 11.8. The number of hydrogen-bond donors (Lipinski definition) is 2. The summed E-state index contributed by atoms with van der Waals surface area (Å²) in [5.41, 5.74) is 4.26. The fraction of sp³-hybridized carbons (Fsp3) is 0.130. The molecule has 0 unspecified atom stereocenters. The molecule has 1 atom stereocenters. The molecule has 0 saturated heterocycles. The second-order valence-electron chi connectivity index (χ2n) is 6.54. The number of methoxy groups -OCH3 is 1. The maximum Gasteiger partial charge on any atom is 0.337 e. The number of aryl methyl sites for hydroxylation is 1. The van der Waals surface area contributed by atoms with Gasteiger partial charge in [-0.3, -0.25) is 0 Å². The zero-order chi connectivity index (χ0) is 20.8. The van der Waals surface area contributed by atoms with Crippen molar-refractivity contribution in [2.45, 2.75) is 13.0 Å². The van der Waals surface area contributed by atoms with E-state index in [9.17, 15) is 4.79 Å². The van der Waals surface area contributed by atoms with Crippen molar-refractivity contribution in [3.63, 3.8) is 0 Å². The van der Waals surface area contributed by atoms with Crippen molar-refractivity contribution in [2.24, 2.45) is 0 Å². The molecule has 0 aromatic heterocycles. The molecule has 3 rings (SSSR count). The van der Waals surface area contributed by atoms with Crippen molar-refractivity contribution < 1.29 is 9.53 Å². The second kappa shape index (κ2) is 9.54. The van der Waals surface area contributed by atoms with Crippen LogP contribution in [0.4, 0.5) is 5.69 Å². The van der Waals surface area contributed by atoms with Crippen LogP contribution in [0, 0.1) is 6.92 Å². The molecular weight excluding hydrogens is 404 g/mol. The Hall–Kier alpha value is -2.89. The Bertz CT molecular complexity index is 1020. The molecule has 0 fully saturated rings. The number of esters is 1. The number of carbonyl (C=O) groups excluding carboxylic acids is 1. The Kier molecular flexibility index (Phi) is 6.86. The molecule has 0 aliphatic rings. The Labute approximate surface area is 180 Å². The van der Waals surface area contributed by atoms with E-state index >= 15 is 0 Å². The first-order valence-corrected chi connectivity index (χ1v) is 9.83. The van der Waals surface area contributed by atoms with Gasteiger partial charge in [-0.25, -0.2) is 4.79 Å². The van der Waals surface area contributed by atoms with E-state index in [4.69, 9.17) is 28.6 Å². The van der Waals surface area contributed by atoms with E-state index in [1.54, 1.807) is 18.2 Å². The highest BCUT2D eigenvalue weighted by atomic mass is 35.5. The molecule has 0 amide bonds. The van der Waals surface area contributed by atoms with Gasteiger partial charge in [0, 0.05) is 0 Å². The minimum Gasteiger partial charge on any atom is -0.465 e. The van der Waals surface area contributed by atoms with Gasteiger partial charge in [-0.05, 0) is 48.5 Å². The van der Waals surface area contributed by atoms with Gasteiger partial charge in [0.1, 0.15) is 0 Å². The summed E-state index contributed by atoms with van der Waals surface area (Å²) in [5.74, 6) is -0.439. The number of benzene rings is 3. The van der Waals surface area contributed by atoms with Crippen molar-refractivity contribution in [1.82, 2.24) is 5.32 Å². The van der Waals surface area contributed by atoms with Crippen LogP contribution in [0.15, 0.2) is 72.8 Å². The van der Waals surface area contributed by atoms with E-state index in [1.807, 2.05) is 36.4 Å². The lowest BCUT2D eigenvalue weighted by Gasteiger charge is -2.23. The van der Waals surface area contributed by atoms with Crippen LogP contribution in [0.5, 0.6) is 0 Å². The molecule has 148 valence electrons. The van der Waals surface area contributed by atoms with Crippen molar-refractivity contribution >= 4 is 40.6 Å². The average Bonchev–Trinajstić information content (AvgIpc) is 2.73.